The number of ether oxygens (including phenoxy) is 1. The van der Waals surface area contributed by atoms with Gasteiger partial charge in [-0.05, 0) is 12.1 Å². The summed E-state index contributed by atoms with van der Waals surface area (Å²) in [5, 5.41) is 2.61. The third-order valence-corrected chi connectivity index (χ3v) is 1.58. The minimum atomic E-state index is -0.153. The van der Waals surface area contributed by atoms with Crippen LogP contribution in [0.2, 0.25) is 0 Å². The fourth-order valence-corrected chi connectivity index (χ4v) is 0.928. The Morgan fingerprint density at radius 1 is 1.36 bits per heavy atom. The van der Waals surface area contributed by atoms with Gasteiger partial charge in [0, 0.05) is 13.1 Å². The van der Waals surface area contributed by atoms with Gasteiger partial charge >= 0.3 is 0 Å². The predicted octanol–water partition coefficient (Wildman–Crippen LogP) is 0.140. The van der Waals surface area contributed by atoms with E-state index in [0.717, 1.165) is 0 Å². The van der Waals surface area contributed by atoms with Crippen LogP contribution in [0.1, 0.15) is 0 Å². The van der Waals surface area contributed by atoms with E-state index >= 15 is 0 Å². The van der Waals surface area contributed by atoms with E-state index in [2.05, 4.69) is 5.32 Å². The van der Waals surface area contributed by atoms with Gasteiger partial charge < -0.3 is 15.8 Å². The number of nitrogens with two attached hydrogens (primary N) is 1. The fourth-order valence-electron chi connectivity index (χ4n) is 0.928. The molecule has 0 bridgehead atoms. The van der Waals surface area contributed by atoms with Crippen molar-refractivity contribution >= 4 is 5.91 Å². The molecule has 0 unspecified atom stereocenters. The molecule has 1 rings (SSSR count). The Morgan fingerprint density at radius 3 is 2.71 bits per heavy atom. The molecule has 4 heteroatoms. The third-order valence-electron chi connectivity index (χ3n) is 1.58. The van der Waals surface area contributed by atoms with E-state index in [4.69, 9.17) is 10.5 Å². The summed E-state index contributed by atoms with van der Waals surface area (Å²) in [5.74, 6) is 0.537. The number of amides is 1. The summed E-state index contributed by atoms with van der Waals surface area (Å²) in [6, 6.07) is 9.20. The maximum absolute atomic E-state index is 11.1. The number of hydrogen-bond donors (Lipinski definition) is 2. The van der Waals surface area contributed by atoms with Crippen molar-refractivity contribution in [3.8, 4) is 5.75 Å². The van der Waals surface area contributed by atoms with Gasteiger partial charge in [-0.25, -0.2) is 0 Å². The largest absolute Gasteiger partial charge is 0.484 e. The van der Waals surface area contributed by atoms with Crippen molar-refractivity contribution in [2.24, 2.45) is 5.73 Å². The lowest BCUT2D eigenvalue weighted by molar-refractivity contribution is -0.123. The molecular formula is C10H14N2O2. The van der Waals surface area contributed by atoms with E-state index in [1.165, 1.54) is 0 Å². The maximum atomic E-state index is 11.1. The molecule has 0 atom stereocenters. The average molecular weight is 194 g/mol. The summed E-state index contributed by atoms with van der Waals surface area (Å²) in [5.41, 5.74) is 5.23. The lowest BCUT2D eigenvalue weighted by Gasteiger charge is -2.05. The Kier molecular flexibility index (Phi) is 4.50. The van der Waals surface area contributed by atoms with E-state index in [1.807, 2.05) is 18.2 Å². The molecule has 0 saturated heterocycles. The first kappa shape index (κ1) is 10.5. The molecule has 0 aromatic heterocycles. The second kappa shape index (κ2) is 5.99. The zero-order valence-electron chi connectivity index (χ0n) is 7.90. The average Bonchev–Trinajstić information content (AvgIpc) is 2.25. The van der Waals surface area contributed by atoms with Crippen LogP contribution in [0.25, 0.3) is 0 Å². The number of nitrogens with one attached hydrogen (secondary N) is 1. The quantitative estimate of drug-likeness (QED) is 0.700. The van der Waals surface area contributed by atoms with E-state index in [1.54, 1.807) is 12.1 Å². The van der Waals surface area contributed by atoms with Crippen LogP contribution in [0.15, 0.2) is 30.3 Å². The number of carbonyl (C=O) groups is 1. The lowest BCUT2D eigenvalue weighted by Crippen LogP contribution is -2.32. The van der Waals surface area contributed by atoms with Crippen molar-refractivity contribution in [1.29, 1.82) is 0 Å². The fraction of sp³-hybridized carbons (Fsp3) is 0.300. The first-order valence-electron chi connectivity index (χ1n) is 4.47. The van der Waals surface area contributed by atoms with Gasteiger partial charge in [0.2, 0.25) is 0 Å². The van der Waals surface area contributed by atoms with E-state index in [-0.39, 0.29) is 12.5 Å². The molecule has 0 aliphatic carbocycles. The van der Waals surface area contributed by atoms with Crippen LogP contribution in [-0.4, -0.2) is 25.6 Å². The molecule has 0 heterocycles. The van der Waals surface area contributed by atoms with Gasteiger partial charge in [0.25, 0.3) is 5.91 Å². The predicted molar refractivity (Wildman–Crippen MR) is 54.0 cm³/mol. The van der Waals surface area contributed by atoms with Crippen LogP contribution < -0.4 is 15.8 Å². The van der Waals surface area contributed by atoms with Gasteiger partial charge in [-0.3, -0.25) is 4.79 Å². The summed E-state index contributed by atoms with van der Waals surface area (Å²) in [6.45, 7) is 0.956. The summed E-state index contributed by atoms with van der Waals surface area (Å²) in [4.78, 5) is 11.1. The molecule has 0 saturated carbocycles. The van der Waals surface area contributed by atoms with Crippen LogP contribution in [0.5, 0.6) is 5.75 Å². The molecule has 0 spiro atoms. The second-order valence-corrected chi connectivity index (χ2v) is 2.74. The number of hydrogen-bond acceptors (Lipinski definition) is 3. The number of para-hydroxylation sites is 1. The minimum Gasteiger partial charge on any atom is -0.484 e. The second-order valence-electron chi connectivity index (χ2n) is 2.74. The zero-order chi connectivity index (χ0) is 10.2. The minimum absolute atomic E-state index is 0.0318. The van der Waals surface area contributed by atoms with Gasteiger partial charge in [-0.1, -0.05) is 18.2 Å². The molecule has 0 aliphatic heterocycles. The monoisotopic (exact) mass is 194 g/mol. The van der Waals surface area contributed by atoms with Crippen molar-refractivity contribution in [3.05, 3.63) is 30.3 Å². The molecular weight excluding hydrogens is 180 g/mol. The standard InChI is InChI=1S/C10H14N2O2/c11-6-7-12-10(13)8-14-9-4-2-1-3-5-9/h1-5H,6-8,11H2,(H,12,13). The van der Waals surface area contributed by atoms with Gasteiger partial charge in [0.15, 0.2) is 6.61 Å². The highest BCUT2D eigenvalue weighted by molar-refractivity contribution is 5.77. The Bertz CT molecular complexity index is 275. The first-order valence-corrected chi connectivity index (χ1v) is 4.47. The molecule has 76 valence electrons. The molecule has 3 N–H and O–H groups in total. The Morgan fingerprint density at radius 2 is 2.07 bits per heavy atom. The van der Waals surface area contributed by atoms with Gasteiger partial charge in [-0.2, -0.15) is 0 Å². The van der Waals surface area contributed by atoms with Crippen molar-refractivity contribution in [1.82, 2.24) is 5.32 Å². The van der Waals surface area contributed by atoms with Crippen LogP contribution in [0.3, 0.4) is 0 Å². The van der Waals surface area contributed by atoms with Crippen LogP contribution in [0, 0.1) is 0 Å². The normalized spacial score (nSPS) is 9.50. The van der Waals surface area contributed by atoms with Crippen molar-refractivity contribution in [2.45, 2.75) is 0 Å². The zero-order valence-corrected chi connectivity index (χ0v) is 7.90. The Balaban J connectivity index is 2.24. The molecule has 4 nitrogen and oxygen atoms in total. The number of rotatable bonds is 5. The Hall–Kier alpha value is -1.55. The topological polar surface area (TPSA) is 64.3 Å². The van der Waals surface area contributed by atoms with Crippen molar-refractivity contribution in [3.63, 3.8) is 0 Å². The summed E-state index contributed by atoms with van der Waals surface area (Å²) in [6.07, 6.45) is 0. The highest BCUT2D eigenvalue weighted by Gasteiger charge is 2.00. The maximum Gasteiger partial charge on any atom is 0.257 e. The van der Waals surface area contributed by atoms with E-state index < -0.39 is 0 Å². The summed E-state index contributed by atoms with van der Waals surface area (Å²) in [7, 11) is 0. The third kappa shape index (κ3) is 3.91. The van der Waals surface area contributed by atoms with Gasteiger partial charge in [0.05, 0.1) is 0 Å². The van der Waals surface area contributed by atoms with E-state index in [9.17, 15) is 4.79 Å². The van der Waals surface area contributed by atoms with Crippen molar-refractivity contribution in [2.75, 3.05) is 19.7 Å². The highest BCUT2D eigenvalue weighted by Crippen LogP contribution is 2.07. The van der Waals surface area contributed by atoms with E-state index in [0.29, 0.717) is 18.8 Å². The smallest absolute Gasteiger partial charge is 0.257 e. The molecule has 1 aromatic rings. The highest BCUT2D eigenvalue weighted by atomic mass is 16.5. The molecule has 0 aliphatic rings. The van der Waals surface area contributed by atoms with Gasteiger partial charge in [0.1, 0.15) is 5.75 Å². The molecule has 1 aromatic carbocycles. The summed E-state index contributed by atoms with van der Waals surface area (Å²) < 4.78 is 5.21. The lowest BCUT2D eigenvalue weighted by atomic mass is 10.3. The number of benzene rings is 1. The van der Waals surface area contributed by atoms with Crippen LogP contribution in [0.4, 0.5) is 0 Å². The molecule has 0 fully saturated rings. The Labute approximate surface area is 83.1 Å². The molecule has 14 heavy (non-hydrogen) atoms. The SMILES string of the molecule is NCCNC(=O)COc1ccccc1. The first-order chi connectivity index (χ1) is 6.83. The van der Waals surface area contributed by atoms with Crippen LogP contribution in [-0.2, 0) is 4.79 Å². The van der Waals surface area contributed by atoms with Gasteiger partial charge in [-0.15, -0.1) is 0 Å². The molecule has 0 radical (unpaired) electrons. The molecule has 1 amide bonds. The van der Waals surface area contributed by atoms with Crippen molar-refractivity contribution < 1.29 is 9.53 Å². The van der Waals surface area contributed by atoms with Crippen LogP contribution >= 0.6 is 0 Å². The summed E-state index contributed by atoms with van der Waals surface area (Å²) >= 11 is 0. The number of carbonyl (C=O) groups excluding carboxylic acids is 1.